The van der Waals surface area contributed by atoms with Crippen LogP contribution in [0, 0.1) is 0 Å². The lowest BCUT2D eigenvalue weighted by Gasteiger charge is -2.13. The molecule has 1 aromatic carbocycles. The number of aromatic carboxylic acids is 1. The van der Waals surface area contributed by atoms with Crippen molar-refractivity contribution in [3.63, 3.8) is 0 Å². The number of hydrogen-bond acceptors (Lipinski definition) is 2. The van der Waals surface area contributed by atoms with Crippen molar-refractivity contribution in [2.75, 3.05) is 5.32 Å². The van der Waals surface area contributed by atoms with Crippen molar-refractivity contribution in [2.24, 2.45) is 0 Å². The van der Waals surface area contributed by atoms with E-state index in [-0.39, 0.29) is 5.69 Å². The van der Waals surface area contributed by atoms with Gasteiger partial charge in [0, 0.05) is 5.70 Å². The maximum atomic E-state index is 12.5. The van der Waals surface area contributed by atoms with E-state index in [0.717, 1.165) is 12.1 Å². The Bertz CT molecular complexity index is 493. The Morgan fingerprint density at radius 3 is 2.44 bits per heavy atom. The van der Waals surface area contributed by atoms with Gasteiger partial charge in [-0.05, 0) is 32.0 Å². The average Bonchev–Trinajstić information content (AvgIpc) is 2.27. The zero-order valence-corrected chi connectivity index (χ0v) is 9.80. The number of allylic oxidation sites excluding steroid dienone is 2. The Labute approximate surface area is 102 Å². The number of benzene rings is 1. The SMILES string of the molecule is CC=C(C)Nc1ccc(C(F)(F)F)cc1C(=O)O. The number of rotatable bonds is 3. The van der Waals surface area contributed by atoms with Crippen LogP contribution in [0.2, 0.25) is 0 Å². The minimum absolute atomic E-state index is 0.131. The Balaban J connectivity index is 3.25. The molecule has 18 heavy (non-hydrogen) atoms. The molecule has 98 valence electrons. The van der Waals surface area contributed by atoms with Gasteiger partial charge in [0.15, 0.2) is 0 Å². The molecule has 0 amide bonds. The first-order valence-corrected chi connectivity index (χ1v) is 5.10. The number of anilines is 1. The lowest BCUT2D eigenvalue weighted by Crippen LogP contribution is -2.10. The highest BCUT2D eigenvalue weighted by atomic mass is 19.4. The van der Waals surface area contributed by atoms with Gasteiger partial charge in [0.05, 0.1) is 16.8 Å². The van der Waals surface area contributed by atoms with Crippen LogP contribution in [0.3, 0.4) is 0 Å². The summed E-state index contributed by atoms with van der Waals surface area (Å²) in [7, 11) is 0. The highest BCUT2D eigenvalue weighted by Gasteiger charge is 2.31. The Hall–Kier alpha value is -1.98. The van der Waals surface area contributed by atoms with Crippen LogP contribution < -0.4 is 5.32 Å². The normalized spacial score (nSPS) is 12.4. The van der Waals surface area contributed by atoms with Gasteiger partial charge in [0.2, 0.25) is 0 Å². The van der Waals surface area contributed by atoms with Crippen LogP contribution in [0.1, 0.15) is 29.8 Å². The number of carboxylic acid groups (broad SMARTS) is 1. The number of carbonyl (C=O) groups is 1. The van der Waals surface area contributed by atoms with Crippen molar-refractivity contribution < 1.29 is 23.1 Å². The van der Waals surface area contributed by atoms with Crippen LogP contribution in [0.5, 0.6) is 0 Å². The molecular weight excluding hydrogens is 247 g/mol. The molecule has 0 saturated carbocycles. The second-order valence-corrected chi connectivity index (χ2v) is 3.66. The van der Waals surface area contributed by atoms with Gasteiger partial charge in [-0.15, -0.1) is 0 Å². The first-order valence-electron chi connectivity index (χ1n) is 5.10. The topological polar surface area (TPSA) is 49.3 Å². The molecule has 0 aromatic heterocycles. The maximum absolute atomic E-state index is 12.5. The smallest absolute Gasteiger partial charge is 0.416 e. The van der Waals surface area contributed by atoms with Crippen LogP contribution >= 0.6 is 0 Å². The summed E-state index contributed by atoms with van der Waals surface area (Å²) in [6.07, 6.45) is -2.87. The molecule has 0 saturated heterocycles. The fraction of sp³-hybridized carbons (Fsp3) is 0.250. The molecule has 0 heterocycles. The number of carboxylic acids is 1. The van der Waals surface area contributed by atoms with Crippen molar-refractivity contribution in [2.45, 2.75) is 20.0 Å². The van der Waals surface area contributed by atoms with Crippen molar-refractivity contribution in [3.05, 3.63) is 41.1 Å². The summed E-state index contributed by atoms with van der Waals surface area (Å²) in [4.78, 5) is 10.9. The van der Waals surface area contributed by atoms with E-state index in [4.69, 9.17) is 5.11 Å². The van der Waals surface area contributed by atoms with E-state index >= 15 is 0 Å². The van der Waals surface area contributed by atoms with Gasteiger partial charge in [-0.3, -0.25) is 0 Å². The number of hydrogen-bond donors (Lipinski definition) is 2. The van der Waals surface area contributed by atoms with Crippen molar-refractivity contribution >= 4 is 11.7 Å². The molecule has 0 atom stereocenters. The number of nitrogens with one attached hydrogen (secondary N) is 1. The summed E-state index contributed by atoms with van der Waals surface area (Å²) in [5.41, 5.74) is -0.613. The highest BCUT2D eigenvalue weighted by Crippen LogP contribution is 2.32. The molecule has 0 fully saturated rings. The Morgan fingerprint density at radius 1 is 1.39 bits per heavy atom. The molecule has 0 radical (unpaired) electrons. The maximum Gasteiger partial charge on any atom is 0.416 e. The van der Waals surface area contributed by atoms with Gasteiger partial charge < -0.3 is 10.4 Å². The van der Waals surface area contributed by atoms with Gasteiger partial charge in [-0.2, -0.15) is 13.2 Å². The summed E-state index contributed by atoms with van der Waals surface area (Å²) in [5.74, 6) is -1.41. The van der Waals surface area contributed by atoms with E-state index in [1.54, 1.807) is 19.9 Å². The molecule has 1 aromatic rings. The number of halogens is 3. The van der Waals surface area contributed by atoms with Crippen molar-refractivity contribution in [3.8, 4) is 0 Å². The average molecular weight is 259 g/mol. The molecule has 3 nitrogen and oxygen atoms in total. The minimum atomic E-state index is -4.56. The molecule has 0 aliphatic carbocycles. The minimum Gasteiger partial charge on any atom is -0.478 e. The third kappa shape index (κ3) is 3.26. The van der Waals surface area contributed by atoms with Crippen LogP contribution in [-0.4, -0.2) is 11.1 Å². The first-order chi connectivity index (χ1) is 8.25. The van der Waals surface area contributed by atoms with Gasteiger partial charge >= 0.3 is 12.1 Å². The monoisotopic (exact) mass is 259 g/mol. The third-order valence-corrected chi connectivity index (χ3v) is 2.34. The van der Waals surface area contributed by atoms with E-state index < -0.39 is 23.3 Å². The number of alkyl halides is 3. The first kappa shape index (κ1) is 14.1. The predicted octanol–water partition coefficient (Wildman–Crippen LogP) is 3.74. The van der Waals surface area contributed by atoms with Crippen LogP contribution in [-0.2, 0) is 6.18 Å². The van der Waals surface area contributed by atoms with Crippen LogP contribution in [0.4, 0.5) is 18.9 Å². The molecule has 0 spiro atoms. The Morgan fingerprint density at radius 2 is 2.00 bits per heavy atom. The van der Waals surface area contributed by atoms with Crippen molar-refractivity contribution in [1.82, 2.24) is 0 Å². The molecule has 0 aliphatic rings. The van der Waals surface area contributed by atoms with Crippen molar-refractivity contribution in [1.29, 1.82) is 0 Å². The molecule has 2 N–H and O–H groups in total. The molecule has 0 aliphatic heterocycles. The van der Waals surface area contributed by atoms with Gasteiger partial charge in [0.1, 0.15) is 0 Å². The molecule has 0 bridgehead atoms. The summed E-state index contributed by atoms with van der Waals surface area (Å²) >= 11 is 0. The zero-order valence-electron chi connectivity index (χ0n) is 9.80. The van der Waals surface area contributed by atoms with E-state index in [9.17, 15) is 18.0 Å². The van der Waals surface area contributed by atoms with Gasteiger partial charge in [-0.1, -0.05) is 6.08 Å². The van der Waals surface area contributed by atoms with Gasteiger partial charge in [-0.25, -0.2) is 4.79 Å². The lowest BCUT2D eigenvalue weighted by molar-refractivity contribution is -0.137. The van der Waals surface area contributed by atoms with E-state index in [1.807, 2.05) is 0 Å². The third-order valence-electron chi connectivity index (χ3n) is 2.34. The summed E-state index contributed by atoms with van der Waals surface area (Å²) in [6.45, 7) is 3.41. The molecule has 6 heteroatoms. The fourth-order valence-corrected chi connectivity index (χ4v) is 1.29. The second kappa shape index (κ2) is 5.12. The summed E-state index contributed by atoms with van der Waals surface area (Å²) in [5, 5.41) is 11.6. The summed E-state index contributed by atoms with van der Waals surface area (Å²) < 4.78 is 37.4. The van der Waals surface area contributed by atoms with E-state index in [0.29, 0.717) is 11.8 Å². The largest absolute Gasteiger partial charge is 0.478 e. The lowest BCUT2D eigenvalue weighted by atomic mass is 10.1. The summed E-state index contributed by atoms with van der Waals surface area (Å²) in [6, 6.07) is 2.57. The Kier molecular flexibility index (Phi) is 4.00. The van der Waals surface area contributed by atoms with Crippen LogP contribution in [0.25, 0.3) is 0 Å². The zero-order chi connectivity index (χ0) is 13.9. The second-order valence-electron chi connectivity index (χ2n) is 3.66. The van der Waals surface area contributed by atoms with E-state index in [2.05, 4.69) is 5.32 Å². The fourth-order valence-electron chi connectivity index (χ4n) is 1.29. The molecule has 1 rings (SSSR count). The molecule has 0 unspecified atom stereocenters. The van der Waals surface area contributed by atoms with E-state index in [1.165, 1.54) is 0 Å². The van der Waals surface area contributed by atoms with Crippen LogP contribution in [0.15, 0.2) is 30.0 Å². The quantitative estimate of drug-likeness (QED) is 0.869. The molecular formula is C12H12F3NO2. The van der Waals surface area contributed by atoms with Gasteiger partial charge in [0.25, 0.3) is 0 Å². The predicted molar refractivity (Wildman–Crippen MR) is 61.5 cm³/mol. The standard InChI is InChI=1S/C12H12F3NO2/c1-3-7(2)16-10-5-4-8(12(13,14)15)6-9(10)11(17)18/h3-6,16H,1-2H3,(H,17,18). The highest BCUT2D eigenvalue weighted by molar-refractivity contribution is 5.94.